The van der Waals surface area contributed by atoms with Crippen molar-refractivity contribution in [3.8, 4) is 0 Å². The van der Waals surface area contributed by atoms with Gasteiger partial charge in [0.15, 0.2) is 0 Å². The lowest BCUT2D eigenvalue weighted by molar-refractivity contribution is -0.124. The van der Waals surface area contributed by atoms with Gasteiger partial charge in [0.1, 0.15) is 0 Å². The van der Waals surface area contributed by atoms with E-state index in [1.54, 1.807) is 0 Å². The molecule has 0 bridgehead atoms. The maximum atomic E-state index is 12.0. The molecule has 0 rings (SSSR count). The van der Waals surface area contributed by atoms with E-state index in [1.807, 2.05) is 0 Å². The van der Waals surface area contributed by atoms with Gasteiger partial charge in [0.25, 0.3) is 0 Å². The van der Waals surface area contributed by atoms with Gasteiger partial charge >= 0.3 is 6.18 Å². The zero-order chi connectivity index (χ0) is 13.5. The highest BCUT2D eigenvalue weighted by molar-refractivity contribution is 5.84. The first kappa shape index (κ1) is 15.2. The normalized spacial score (nSPS) is 12.8. The van der Waals surface area contributed by atoms with E-state index in [4.69, 9.17) is 5.73 Å². The molecule has 0 saturated carbocycles. The summed E-state index contributed by atoms with van der Waals surface area (Å²) in [5.41, 5.74) is 4.02. The Morgan fingerprint density at radius 1 is 1.35 bits per heavy atom. The molecule has 2 amide bonds. The maximum Gasteiger partial charge on any atom is 0.412 e. The fraction of sp³-hybridized carbons (Fsp3) is 0.400. The van der Waals surface area contributed by atoms with Gasteiger partial charge in [-0.3, -0.25) is 9.59 Å². The minimum absolute atomic E-state index is 0.116. The van der Waals surface area contributed by atoms with Gasteiger partial charge in [0, 0.05) is 12.0 Å². The molecule has 0 aromatic rings. The Labute approximate surface area is 96.4 Å². The number of alkyl halides is 3. The van der Waals surface area contributed by atoms with E-state index in [0.29, 0.717) is 0 Å². The number of carbonyl (C=O) groups excluding carboxylic acids is 2. The topological polar surface area (TPSA) is 72.2 Å². The first-order chi connectivity index (χ1) is 7.73. The second-order valence-electron chi connectivity index (χ2n) is 3.22. The SMILES string of the molecule is C/C(=C\C=C/CC(=O)NCC(N)=O)C(F)(F)F. The quantitative estimate of drug-likeness (QED) is 0.716. The third kappa shape index (κ3) is 8.06. The van der Waals surface area contributed by atoms with E-state index in [9.17, 15) is 22.8 Å². The molecule has 7 heteroatoms. The van der Waals surface area contributed by atoms with Gasteiger partial charge in [0.2, 0.25) is 11.8 Å². The third-order valence-electron chi connectivity index (χ3n) is 1.69. The lowest BCUT2D eigenvalue weighted by Crippen LogP contribution is -2.32. The fourth-order valence-corrected chi connectivity index (χ4v) is 0.740. The summed E-state index contributed by atoms with van der Waals surface area (Å²) >= 11 is 0. The minimum atomic E-state index is -4.36. The van der Waals surface area contributed by atoms with Crippen molar-refractivity contribution in [2.75, 3.05) is 6.54 Å². The van der Waals surface area contributed by atoms with Crippen LogP contribution in [0.5, 0.6) is 0 Å². The number of amides is 2. The molecular formula is C10H13F3N2O2. The number of rotatable bonds is 5. The average molecular weight is 250 g/mol. The van der Waals surface area contributed by atoms with E-state index in [0.717, 1.165) is 19.1 Å². The Morgan fingerprint density at radius 3 is 2.41 bits per heavy atom. The number of halogens is 3. The van der Waals surface area contributed by atoms with Crippen LogP contribution in [0.3, 0.4) is 0 Å². The standard InChI is InChI=1S/C10H13F3N2O2/c1-7(10(11,12)13)4-2-3-5-9(17)15-6-8(14)16/h2-4H,5-6H2,1H3,(H2,14,16)(H,15,17)/b3-2-,7-4+. The molecule has 4 nitrogen and oxygen atoms in total. The number of hydrogen-bond acceptors (Lipinski definition) is 2. The molecule has 3 N–H and O–H groups in total. The van der Waals surface area contributed by atoms with E-state index in [2.05, 4.69) is 5.32 Å². The predicted octanol–water partition coefficient (Wildman–Crippen LogP) is 1.04. The smallest absolute Gasteiger partial charge is 0.368 e. The Balaban J connectivity index is 4.04. The lowest BCUT2D eigenvalue weighted by Gasteiger charge is -2.04. The number of nitrogens with one attached hydrogen (secondary N) is 1. The van der Waals surface area contributed by atoms with Crippen LogP contribution in [0.1, 0.15) is 13.3 Å². The fourth-order valence-electron chi connectivity index (χ4n) is 0.740. The number of carbonyl (C=O) groups is 2. The monoisotopic (exact) mass is 250 g/mol. The average Bonchev–Trinajstić information content (AvgIpc) is 2.19. The van der Waals surface area contributed by atoms with Crippen LogP contribution in [0.4, 0.5) is 13.2 Å². The summed E-state index contributed by atoms with van der Waals surface area (Å²) in [7, 11) is 0. The van der Waals surface area contributed by atoms with Crippen molar-refractivity contribution in [2.45, 2.75) is 19.5 Å². The summed E-state index contributed by atoms with van der Waals surface area (Å²) in [6.45, 7) is 0.640. The molecule has 0 heterocycles. The summed E-state index contributed by atoms with van der Waals surface area (Å²) in [6, 6.07) is 0. The van der Waals surface area contributed by atoms with Crippen LogP contribution in [0, 0.1) is 0 Å². The van der Waals surface area contributed by atoms with Crippen molar-refractivity contribution < 1.29 is 22.8 Å². The number of primary amides is 1. The van der Waals surface area contributed by atoms with Gasteiger partial charge in [-0.05, 0) is 6.92 Å². The molecule has 17 heavy (non-hydrogen) atoms. The zero-order valence-electron chi connectivity index (χ0n) is 9.17. The molecule has 96 valence electrons. The van der Waals surface area contributed by atoms with Crippen LogP contribution in [0.15, 0.2) is 23.8 Å². The molecule has 0 atom stereocenters. The summed E-state index contributed by atoms with van der Waals surface area (Å²) in [5.74, 6) is -1.17. The summed E-state index contributed by atoms with van der Waals surface area (Å²) in [5, 5.41) is 2.19. The first-order valence-corrected chi connectivity index (χ1v) is 4.69. The van der Waals surface area contributed by atoms with Crippen molar-refractivity contribution >= 4 is 11.8 Å². The van der Waals surface area contributed by atoms with Gasteiger partial charge in [0.05, 0.1) is 6.54 Å². The first-order valence-electron chi connectivity index (χ1n) is 4.69. The van der Waals surface area contributed by atoms with Crippen LogP contribution in [0.25, 0.3) is 0 Å². The maximum absolute atomic E-state index is 12.0. The van der Waals surface area contributed by atoms with Gasteiger partial charge < -0.3 is 11.1 Å². The summed E-state index contributed by atoms with van der Waals surface area (Å²) in [6.07, 6.45) is -1.23. The van der Waals surface area contributed by atoms with Gasteiger partial charge in [-0.2, -0.15) is 13.2 Å². The highest BCUT2D eigenvalue weighted by atomic mass is 19.4. The predicted molar refractivity (Wildman–Crippen MR) is 55.8 cm³/mol. The van der Waals surface area contributed by atoms with Gasteiger partial charge in [-0.1, -0.05) is 18.2 Å². The van der Waals surface area contributed by atoms with Crippen molar-refractivity contribution in [1.82, 2.24) is 5.32 Å². The van der Waals surface area contributed by atoms with Gasteiger partial charge in [-0.25, -0.2) is 0 Å². The molecule has 0 fully saturated rings. The number of allylic oxidation sites excluding steroid dienone is 3. The molecule has 0 aliphatic carbocycles. The van der Waals surface area contributed by atoms with Crippen LogP contribution in [0.2, 0.25) is 0 Å². The van der Waals surface area contributed by atoms with E-state index in [1.165, 1.54) is 6.08 Å². The molecule has 0 aromatic carbocycles. The minimum Gasteiger partial charge on any atom is -0.368 e. The molecule has 0 aliphatic rings. The molecular weight excluding hydrogens is 237 g/mol. The van der Waals surface area contributed by atoms with Crippen LogP contribution >= 0.6 is 0 Å². The lowest BCUT2D eigenvalue weighted by atomic mass is 10.2. The zero-order valence-corrected chi connectivity index (χ0v) is 9.17. The Kier molecular flexibility index (Phi) is 6.01. The van der Waals surface area contributed by atoms with E-state index in [-0.39, 0.29) is 13.0 Å². The summed E-state index contributed by atoms with van der Waals surface area (Å²) < 4.78 is 36.0. The molecule has 0 saturated heterocycles. The van der Waals surface area contributed by atoms with Crippen molar-refractivity contribution in [2.24, 2.45) is 5.73 Å². The van der Waals surface area contributed by atoms with Crippen LogP contribution < -0.4 is 11.1 Å². The Bertz CT molecular complexity index is 346. The Morgan fingerprint density at radius 2 is 1.94 bits per heavy atom. The number of nitrogens with two attached hydrogens (primary N) is 1. The third-order valence-corrected chi connectivity index (χ3v) is 1.69. The summed E-state index contributed by atoms with van der Waals surface area (Å²) in [4.78, 5) is 21.3. The molecule has 0 unspecified atom stereocenters. The molecule has 0 aromatic heterocycles. The van der Waals surface area contributed by atoms with Gasteiger partial charge in [-0.15, -0.1) is 0 Å². The Hall–Kier alpha value is -1.79. The van der Waals surface area contributed by atoms with Crippen LogP contribution in [-0.2, 0) is 9.59 Å². The highest BCUT2D eigenvalue weighted by Crippen LogP contribution is 2.24. The molecule has 0 aliphatic heterocycles. The van der Waals surface area contributed by atoms with Crippen molar-refractivity contribution in [1.29, 1.82) is 0 Å². The van der Waals surface area contributed by atoms with Crippen molar-refractivity contribution in [3.05, 3.63) is 23.8 Å². The van der Waals surface area contributed by atoms with Crippen molar-refractivity contribution in [3.63, 3.8) is 0 Å². The highest BCUT2D eigenvalue weighted by Gasteiger charge is 2.29. The number of hydrogen-bond donors (Lipinski definition) is 2. The van der Waals surface area contributed by atoms with E-state index < -0.39 is 23.6 Å². The van der Waals surface area contributed by atoms with E-state index >= 15 is 0 Å². The molecule has 0 spiro atoms. The molecule has 0 radical (unpaired) electrons. The second kappa shape index (κ2) is 6.72. The van der Waals surface area contributed by atoms with Crippen LogP contribution in [-0.4, -0.2) is 24.5 Å². The largest absolute Gasteiger partial charge is 0.412 e. The second-order valence-corrected chi connectivity index (χ2v) is 3.22.